The van der Waals surface area contributed by atoms with E-state index >= 15 is 0 Å². The van der Waals surface area contributed by atoms with Gasteiger partial charge in [0.15, 0.2) is 0 Å². The Labute approximate surface area is 57.4 Å². The lowest BCUT2D eigenvalue weighted by atomic mass is 9.96. The minimum Gasteiger partial charge on any atom is -0.383 e. The molecule has 0 bridgehead atoms. The molecule has 0 spiro atoms. The monoisotopic (exact) mass is 126 g/mol. The van der Waals surface area contributed by atoms with Crippen molar-refractivity contribution in [2.75, 3.05) is 13.7 Å². The van der Waals surface area contributed by atoms with Crippen LogP contribution in [0.3, 0.4) is 0 Å². The highest BCUT2D eigenvalue weighted by Gasteiger charge is 2.12. The smallest absolute Gasteiger partial charge is 0.0622 e. The number of ether oxygens (including phenoxy) is 1. The van der Waals surface area contributed by atoms with Gasteiger partial charge < -0.3 is 4.74 Å². The van der Waals surface area contributed by atoms with Crippen LogP contribution in [0.2, 0.25) is 0 Å². The van der Waals surface area contributed by atoms with Gasteiger partial charge in [0.25, 0.3) is 0 Å². The molecular weight excluding hydrogens is 112 g/mol. The molecular formula is C8H14O. The third kappa shape index (κ3) is 4.05. The predicted octanol–water partition coefficient (Wildman–Crippen LogP) is 1.68. The summed E-state index contributed by atoms with van der Waals surface area (Å²) in [5.74, 6) is 5.91. The van der Waals surface area contributed by atoms with Crippen molar-refractivity contribution in [3.63, 3.8) is 0 Å². The molecule has 0 radical (unpaired) electrons. The van der Waals surface area contributed by atoms with Crippen molar-refractivity contribution >= 4 is 0 Å². The maximum absolute atomic E-state index is 4.96. The highest BCUT2D eigenvalue weighted by Crippen LogP contribution is 2.12. The van der Waals surface area contributed by atoms with Crippen LogP contribution in [-0.2, 0) is 4.74 Å². The molecule has 0 aromatic rings. The summed E-state index contributed by atoms with van der Waals surface area (Å²) in [6.07, 6.45) is 0. The number of hydrogen-bond acceptors (Lipinski definition) is 1. The summed E-state index contributed by atoms with van der Waals surface area (Å²) in [7, 11) is 1.69. The Morgan fingerprint density at radius 3 is 2.33 bits per heavy atom. The molecule has 0 N–H and O–H groups in total. The molecule has 0 heterocycles. The second-order valence-electron chi connectivity index (χ2n) is 2.69. The van der Waals surface area contributed by atoms with Gasteiger partial charge in [-0.3, -0.25) is 0 Å². The van der Waals surface area contributed by atoms with E-state index < -0.39 is 0 Å². The zero-order valence-electron chi connectivity index (χ0n) is 6.62. The third-order valence-corrected chi connectivity index (χ3v) is 0.969. The third-order valence-electron chi connectivity index (χ3n) is 0.969. The Morgan fingerprint density at radius 1 is 1.44 bits per heavy atom. The average Bonchev–Trinajstić information content (AvgIpc) is 1.64. The molecule has 0 saturated carbocycles. The van der Waals surface area contributed by atoms with E-state index in [0.717, 1.165) is 0 Å². The molecule has 0 saturated heterocycles. The van der Waals surface area contributed by atoms with Gasteiger partial charge >= 0.3 is 0 Å². The summed E-state index contributed by atoms with van der Waals surface area (Å²) in [5.41, 5.74) is 0.0174. The van der Waals surface area contributed by atoms with Crippen LogP contribution in [-0.4, -0.2) is 13.7 Å². The number of methoxy groups -OCH3 is 1. The molecule has 0 rings (SSSR count). The van der Waals surface area contributed by atoms with E-state index in [9.17, 15) is 0 Å². The fourth-order valence-electron chi connectivity index (χ4n) is 0.735. The van der Waals surface area contributed by atoms with E-state index in [4.69, 9.17) is 4.74 Å². The molecule has 0 aliphatic heterocycles. The SMILES string of the molecule is CC#CC(C)(C)COC. The van der Waals surface area contributed by atoms with Crippen LogP contribution in [0.25, 0.3) is 0 Å². The summed E-state index contributed by atoms with van der Waals surface area (Å²) in [6, 6.07) is 0. The van der Waals surface area contributed by atoms with Crippen molar-refractivity contribution in [3.8, 4) is 11.8 Å². The van der Waals surface area contributed by atoms with Gasteiger partial charge in [0.1, 0.15) is 0 Å². The Kier molecular flexibility index (Phi) is 3.34. The normalized spacial score (nSPS) is 10.2. The first-order valence-corrected chi connectivity index (χ1v) is 3.05. The minimum absolute atomic E-state index is 0.0174. The molecule has 0 amide bonds. The predicted molar refractivity (Wildman–Crippen MR) is 39.1 cm³/mol. The summed E-state index contributed by atoms with van der Waals surface area (Å²) >= 11 is 0. The van der Waals surface area contributed by atoms with Gasteiger partial charge in [-0.15, -0.1) is 5.92 Å². The van der Waals surface area contributed by atoms with Crippen molar-refractivity contribution in [1.29, 1.82) is 0 Å². The van der Waals surface area contributed by atoms with E-state index in [0.29, 0.717) is 6.61 Å². The zero-order valence-corrected chi connectivity index (χ0v) is 6.62. The topological polar surface area (TPSA) is 9.23 Å². The van der Waals surface area contributed by atoms with Gasteiger partial charge in [0.05, 0.1) is 6.61 Å². The van der Waals surface area contributed by atoms with Crippen LogP contribution in [0.1, 0.15) is 20.8 Å². The molecule has 0 atom stereocenters. The lowest BCUT2D eigenvalue weighted by molar-refractivity contribution is 0.137. The van der Waals surface area contributed by atoms with Crippen LogP contribution >= 0.6 is 0 Å². The molecule has 9 heavy (non-hydrogen) atoms. The Balaban J connectivity index is 3.80. The van der Waals surface area contributed by atoms with E-state index in [1.807, 2.05) is 6.92 Å². The first kappa shape index (κ1) is 8.52. The second-order valence-corrected chi connectivity index (χ2v) is 2.69. The molecule has 0 aromatic carbocycles. The van der Waals surface area contributed by atoms with Crippen molar-refractivity contribution in [2.45, 2.75) is 20.8 Å². The molecule has 1 heteroatoms. The van der Waals surface area contributed by atoms with E-state index in [1.165, 1.54) is 0 Å². The van der Waals surface area contributed by atoms with Crippen LogP contribution < -0.4 is 0 Å². The highest BCUT2D eigenvalue weighted by molar-refractivity contribution is 5.06. The fourth-order valence-corrected chi connectivity index (χ4v) is 0.735. The van der Waals surface area contributed by atoms with Crippen molar-refractivity contribution in [2.24, 2.45) is 5.41 Å². The average molecular weight is 126 g/mol. The Morgan fingerprint density at radius 2 is 2.00 bits per heavy atom. The van der Waals surface area contributed by atoms with Crippen LogP contribution in [0.5, 0.6) is 0 Å². The summed E-state index contributed by atoms with van der Waals surface area (Å²) < 4.78 is 4.96. The summed E-state index contributed by atoms with van der Waals surface area (Å²) in [6.45, 7) is 6.67. The van der Waals surface area contributed by atoms with E-state index in [-0.39, 0.29) is 5.41 Å². The molecule has 0 unspecified atom stereocenters. The van der Waals surface area contributed by atoms with Crippen LogP contribution in [0, 0.1) is 17.3 Å². The number of rotatable bonds is 2. The lowest BCUT2D eigenvalue weighted by Gasteiger charge is -2.14. The van der Waals surface area contributed by atoms with Crippen molar-refractivity contribution in [3.05, 3.63) is 0 Å². The summed E-state index contributed by atoms with van der Waals surface area (Å²) in [4.78, 5) is 0. The van der Waals surface area contributed by atoms with E-state index in [2.05, 4.69) is 25.7 Å². The second kappa shape index (κ2) is 3.53. The van der Waals surface area contributed by atoms with Crippen molar-refractivity contribution in [1.82, 2.24) is 0 Å². The van der Waals surface area contributed by atoms with Gasteiger partial charge in [-0.05, 0) is 20.8 Å². The molecule has 0 aromatic heterocycles. The Bertz CT molecular complexity index is 125. The molecule has 52 valence electrons. The van der Waals surface area contributed by atoms with Gasteiger partial charge in [-0.25, -0.2) is 0 Å². The first-order chi connectivity index (χ1) is 4.12. The molecule has 1 nitrogen and oxygen atoms in total. The Hall–Kier alpha value is -0.480. The van der Waals surface area contributed by atoms with E-state index in [1.54, 1.807) is 7.11 Å². The fraction of sp³-hybridized carbons (Fsp3) is 0.750. The number of hydrogen-bond donors (Lipinski definition) is 0. The summed E-state index contributed by atoms with van der Waals surface area (Å²) in [5, 5.41) is 0. The molecule has 0 aliphatic rings. The minimum atomic E-state index is 0.0174. The maximum Gasteiger partial charge on any atom is 0.0622 e. The highest BCUT2D eigenvalue weighted by atomic mass is 16.5. The van der Waals surface area contributed by atoms with Gasteiger partial charge in [-0.2, -0.15) is 0 Å². The van der Waals surface area contributed by atoms with Gasteiger partial charge in [-0.1, -0.05) is 5.92 Å². The molecule has 0 fully saturated rings. The zero-order chi connectivity index (χ0) is 7.33. The van der Waals surface area contributed by atoms with Gasteiger partial charge in [0.2, 0.25) is 0 Å². The lowest BCUT2D eigenvalue weighted by Crippen LogP contribution is -2.15. The van der Waals surface area contributed by atoms with Gasteiger partial charge in [0, 0.05) is 12.5 Å². The standard InChI is InChI=1S/C8H14O/c1-5-6-8(2,3)7-9-4/h7H2,1-4H3. The maximum atomic E-state index is 4.96. The van der Waals surface area contributed by atoms with Crippen molar-refractivity contribution < 1.29 is 4.74 Å². The molecule has 0 aliphatic carbocycles. The largest absolute Gasteiger partial charge is 0.383 e. The van der Waals surface area contributed by atoms with Crippen LogP contribution in [0.4, 0.5) is 0 Å². The first-order valence-electron chi connectivity index (χ1n) is 3.05. The van der Waals surface area contributed by atoms with Crippen LogP contribution in [0.15, 0.2) is 0 Å². The quantitative estimate of drug-likeness (QED) is 0.511.